The Morgan fingerprint density at radius 1 is 1.21 bits per heavy atom. The smallest absolute Gasteiger partial charge is 0.430 e. The van der Waals surface area contributed by atoms with E-state index in [4.69, 9.17) is 10.0 Å². The van der Waals surface area contributed by atoms with Crippen LogP contribution in [0.1, 0.15) is 13.8 Å². The lowest BCUT2D eigenvalue weighted by molar-refractivity contribution is 0.448. The Balaban J connectivity index is 0.000000293. The van der Waals surface area contributed by atoms with Crippen molar-refractivity contribution in [3.8, 4) is 11.1 Å². The summed E-state index contributed by atoms with van der Waals surface area (Å²) < 4.78 is 0. The molecule has 0 unspecified atom stereocenters. The molecule has 0 aromatic rings. The van der Waals surface area contributed by atoms with E-state index in [0.717, 1.165) is 13.1 Å². The van der Waals surface area contributed by atoms with Gasteiger partial charge in [-0.15, -0.1) is 0 Å². The van der Waals surface area contributed by atoms with Crippen molar-refractivity contribution in [2.75, 3.05) is 18.0 Å². The number of hydrogen-bond acceptors (Lipinski definition) is 3. The highest BCUT2D eigenvalue weighted by Gasteiger charge is 2.19. The van der Waals surface area contributed by atoms with Gasteiger partial charge in [0.25, 0.3) is 0 Å². The number of benzene rings is 1. The molecule has 2 aliphatic carbocycles. The van der Waals surface area contributed by atoms with Crippen molar-refractivity contribution in [2.24, 2.45) is 0 Å². The summed E-state index contributed by atoms with van der Waals surface area (Å²) in [5.74, 6) is 0. The quantitative estimate of drug-likeness (QED) is 0.707. The van der Waals surface area contributed by atoms with Crippen LogP contribution in [0.25, 0.3) is 11.1 Å². The Kier molecular flexibility index (Phi) is 3.98. The van der Waals surface area contributed by atoms with Crippen LogP contribution in [-0.4, -0.2) is 30.8 Å². The molecular weight excluding hydrogens is 177 g/mol. The van der Waals surface area contributed by atoms with Crippen LogP contribution in [0.4, 0.5) is 5.69 Å². The first-order valence-corrected chi connectivity index (χ1v) is 4.89. The molecule has 0 spiro atoms. The van der Waals surface area contributed by atoms with Gasteiger partial charge in [-0.2, -0.15) is 0 Å². The Bertz CT molecular complexity index is 300. The van der Waals surface area contributed by atoms with Crippen LogP contribution in [0, 0.1) is 0 Å². The monoisotopic (exact) mass is 193 g/mol. The van der Waals surface area contributed by atoms with Gasteiger partial charge in [-0.3, -0.25) is 0 Å². The van der Waals surface area contributed by atoms with Gasteiger partial charge in [-0.05, 0) is 31.5 Å². The predicted octanol–water partition coefficient (Wildman–Crippen LogP) is 0.751. The zero-order valence-corrected chi connectivity index (χ0v) is 8.70. The van der Waals surface area contributed by atoms with E-state index in [1.807, 2.05) is 0 Å². The first-order valence-electron chi connectivity index (χ1n) is 4.89. The van der Waals surface area contributed by atoms with Gasteiger partial charge < -0.3 is 14.9 Å². The van der Waals surface area contributed by atoms with Crippen molar-refractivity contribution in [3.63, 3.8) is 0 Å². The van der Waals surface area contributed by atoms with Gasteiger partial charge in [0.05, 0.1) is 0 Å². The minimum atomic E-state index is -0.750. The molecule has 0 bridgehead atoms. The molecule has 0 atom stereocenters. The topological polar surface area (TPSA) is 43.7 Å². The molecule has 0 saturated carbocycles. The number of hydrogen-bond donors (Lipinski definition) is 2. The van der Waals surface area contributed by atoms with Crippen LogP contribution in [-0.2, 0) is 0 Å². The SMILES string of the molecule is CCN(CC)c1ccc2cc1-2.OBO. The maximum Gasteiger partial charge on any atom is 0.432 e. The fourth-order valence-electron chi connectivity index (χ4n) is 1.58. The lowest BCUT2D eigenvalue weighted by Crippen LogP contribution is -2.21. The first kappa shape index (κ1) is 11.1. The summed E-state index contributed by atoms with van der Waals surface area (Å²) in [5, 5.41) is 14.2. The second kappa shape index (κ2) is 5.03. The Morgan fingerprint density at radius 2 is 1.79 bits per heavy atom. The largest absolute Gasteiger partial charge is 0.432 e. The maximum atomic E-state index is 7.12. The highest BCUT2D eigenvalue weighted by Crippen LogP contribution is 2.43. The van der Waals surface area contributed by atoms with E-state index in [-0.39, 0.29) is 0 Å². The maximum absolute atomic E-state index is 7.12. The number of anilines is 1. The third kappa shape index (κ3) is 2.27. The third-order valence-corrected chi connectivity index (χ3v) is 2.33. The van der Waals surface area contributed by atoms with Gasteiger partial charge in [-0.25, -0.2) is 0 Å². The average Bonchev–Trinajstić information content (AvgIpc) is 2.85. The summed E-state index contributed by atoms with van der Waals surface area (Å²) in [6.07, 6.45) is 0. The Morgan fingerprint density at radius 3 is 2.07 bits per heavy atom. The Hall–Kier alpha value is -0.995. The zero-order valence-electron chi connectivity index (χ0n) is 8.70. The molecule has 0 aromatic heterocycles. The van der Waals surface area contributed by atoms with Gasteiger partial charge in [0.1, 0.15) is 0 Å². The highest BCUT2D eigenvalue weighted by molar-refractivity contribution is 6.13. The van der Waals surface area contributed by atoms with Crippen molar-refractivity contribution in [3.05, 3.63) is 18.2 Å². The normalized spacial score (nSPS) is 10.0. The van der Waals surface area contributed by atoms with Gasteiger partial charge in [-0.1, -0.05) is 6.07 Å². The van der Waals surface area contributed by atoms with E-state index in [9.17, 15) is 0 Å². The third-order valence-electron chi connectivity index (χ3n) is 2.33. The van der Waals surface area contributed by atoms with E-state index >= 15 is 0 Å². The van der Waals surface area contributed by atoms with E-state index in [1.165, 1.54) is 16.8 Å². The van der Waals surface area contributed by atoms with Crippen LogP contribution in [0.5, 0.6) is 0 Å². The first-order chi connectivity index (χ1) is 6.78. The minimum Gasteiger partial charge on any atom is -0.430 e. The van der Waals surface area contributed by atoms with Crippen LogP contribution in [0.3, 0.4) is 0 Å². The fraction of sp³-hybridized carbons (Fsp3) is 0.400. The van der Waals surface area contributed by atoms with Gasteiger partial charge in [0, 0.05) is 24.3 Å². The predicted molar refractivity (Wildman–Crippen MR) is 60.6 cm³/mol. The summed E-state index contributed by atoms with van der Waals surface area (Å²) in [5.41, 5.74) is 4.32. The second-order valence-corrected chi connectivity index (χ2v) is 3.05. The number of fused-ring (bicyclic) bond motifs is 1. The summed E-state index contributed by atoms with van der Waals surface area (Å²) in [4.78, 5) is 2.39. The molecule has 0 heterocycles. The summed E-state index contributed by atoms with van der Waals surface area (Å²) >= 11 is 0. The van der Waals surface area contributed by atoms with Crippen LogP contribution < -0.4 is 4.90 Å². The molecule has 0 saturated heterocycles. The number of nitrogens with zero attached hydrogens (tertiary/aromatic N) is 1. The van der Waals surface area contributed by atoms with E-state index < -0.39 is 7.69 Å². The standard InChI is InChI=1S/C10H13N.BH3O2/c1-3-11(4-2)10-6-5-8-7-9(8)10;2-1-3/h5-7H,3-4H2,1-2H3;1-3H. The Labute approximate surface area is 85.3 Å². The highest BCUT2D eigenvalue weighted by atomic mass is 16.4. The molecular formula is C10H16BNO2. The van der Waals surface area contributed by atoms with Crippen molar-refractivity contribution in [1.82, 2.24) is 0 Å². The van der Waals surface area contributed by atoms with Gasteiger partial charge >= 0.3 is 7.69 Å². The molecule has 0 aliphatic heterocycles. The van der Waals surface area contributed by atoms with Crippen molar-refractivity contribution >= 4 is 13.4 Å². The lowest BCUT2D eigenvalue weighted by atomic mass is 10.4. The molecule has 2 aliphatic rings. The molecule has 0 aromatic carbocycles. The molecule has 0 radical (unpaired) electrons. The van der Waals surface area contributed by atoms with Crippen LogP contribution in [0.15, 0.2) is 18.2 Å². The van der Waals surface area contributed by atoms with E-state index in [0.29, 0.717) is 0 Å². The molecule has 2 rings (SSSR count). The molecule has 76 valence electrons. The molecule has 0 fully saturated rings. The van der Waals surface area contributed by atoms with E-state index in [2.05, 4.69) is 36.9 Å². The van der Waals surface area contributed by atoms with E-state index in [1.54, 1.807) is 0 Å². The van der Waals surface area contributed by atoms with Crippen LogP contribution >= 0.6 is 0 Å². The van der Waals surface area contributed by atoms with Gasteiger partial charge in [0.2, 0.25) is 0 Å². The minimum absolute atomic E-state index is 0.750. The molecule has 2 N–H and O–H groups in total. The second-order valence-electron chi connectivity index (χ2n) is 3.05. The number of rotatable bonds is 3. The zero-order chi connectivity index (χ0) is 10.6. The van der Waals surface area contributed by atoms with Crippen molar-refractivity contribution in [2.45, 2.75) is 13.8 Å². The average molecular weight is 193 g/mol. The van der Waals surface area contributed by atoms with Crippen LogP contribution in [0.2, 0.25) is 0 Å². The molecule has 4 heteroatoms. The summed E-state index contributed by atoms with van der Waals surface area (Å²) in [6.45, 7) is 6.62. The lowest BCUT2D eigenvalue weighted by Gasteiger charge is -2.19. The summed E-state index contributed by atoms with van der Waals surface area (Å²) in [7, 11) is -0.750. The molecule has 0 amide bonds. The molecule has 14 heavy (non-hydrogen) atoms. The van der Waals surface area contributed by atoms with Gasteiger partial charge in [0.15, 0.2) is 0 Å². The summed E-state index contributed by atoms with van der Waals surface area (Å²) in [6, 6.07) is 6.66. The fourth-order valence-corrected chi connectivity index (χ4v) is 1.58. The molecule has 3 nitrogen and oxygen atoms in total. The van der Waals surface area contributed by atoms with Crippen molar-refractivity contribution in [1.29, 1.82) is 0 Å². The van der Waals surface area contributed by atoms with Crippen molar-refractivity contribution < 1.29 is 10.0 Å².